The zero-order valence-corrected chi connectivity index (χ0v) is 10.7. The second-order valence-electron chi connectivity index (χ2n) is 3.38. The van der Waals surface area contributed by atoms with Gasteiger partial charge in [-0.25, -0.2) is 14.4 Å². The number of benzene rings is 1. The molecule has 0 saturated heterocycles. The molecule has 0 aliphatic carbocycles. The van der Waals surface area contributed by atoms with Crippen molar-refractivity contribution in [2.24, 2.45) is 0 Å². The topological polar surface area (TPSA) is 35.0 Å². The third-order valence-electron chi connectivity index (χ3n) is 2.22. The summed E-state index contributed by atoms with van der Waals surface area (Å²) in [7, 11) is 1.49. The lowest BCUT2D eigenvalue weighted by molar-refractivity contribution is 0.411. The zero-order chi connectivity index (χ0) is 12.3. The fourth-order valence-electron chi connectivity index (χ4n) is 1.42. The highest BCUT2D eigenvalue weighted by molar-refractivity contribution is 9.08. The molecule has 0 aliphatic rings. The average Bonchev–Trinajstić information content (AvgIpc) is 2.38. The Kier molecular flexibility index (Phi) is 3.68. The van der Waals surface area contributed by atoms with Gasteiger partial charge < -0.3 is 4.74 Å². The molecule has 1 aromatic carbocycles. The van der Waals surface area contributed by atoms with E-state index in [1.165, 1.54) is 19.2 Å². The number of aromatic nitrogens is 2. The molecule has 0 spiro atoms. The number of alkyl halides is 1. The third-order valence-corrected chi connectivity index (χ3v) is 2.79. The molecular weight excluding hydrogens is 287 g/mol. The molecule has 17 heavy (non-hydrogen) atoms. The van der Waals surface area contributed by atoms with Crippen molar-refractivity contribution in [2.75, 3.05) is 7.11 Å². The molecular formula is C12H10BrFN2O. The van der Waals surface area contributed by atoms with E-state index in [2.05, 4.69) is 25.9 Å². The molecule has 2 aromatic rings. The van der Waals surface area contributed by atoms with Crippen molar-refractivity contribution < 1.29 is 9.13 Å². The molecule has 0 N–H and O–H groups in total. The Hall–Kier alpha value is -1.49. The lowest BCUT2D eigenvalue weighted by Gasteiger charge is -2.05. The molecule has 88 valence electrons. The quantitative estimate of drug-likeness (QED) is 0.816. The molecule has 0 radical (unpaired) electrons. The molecule has 0 atom stereocenters. The highest BCUT2D eigenvalue weighted by atomic mass is 79.9. The van der Waals surface area contributed by atoms with Gasteiger partial charge in [0.1, 0.15) is 11.6 Å². The van der Waals surface area contributed by atoms with E-state index in [-0.39, 0.29) is 5.82 Å². The minimum absolute atomic E-state index is 0.368. The van der Waals surface area contributed by atoms with Crippen molar-refractivity contribution in [3.05, 3.63) is 42.0 Å². The molecule has 0 saturated carbocycles. The maximum Gasteiger partial charge on any atom is 0.159 e. The first-order valence-corrected chi connectivity index (χ1v) is 6.08. The molecule has 5 heteroatoms. The summed E-state index contributed by atoms with van der Waals surface area (Å²) in [5.74, 6) is 0.569. The predicted octanol–water partition coefficient (Wildman–Crippen LogP) is 3.19. The molecule has 3 nitrogen and oxygen atoms in total. The normalized spacial score (nSPS) is 10.3. The predicted molar refractivity (Wildman–Crippen MR) is 66.6 cm³/mol. The Balaban J connectivity index is 2.47. The fraction of sp³-hybridized carbons (Fsp3) is 0.167. The summed E-state index contributed by atoms with van der Waals surface area (Å²) in [5.41, 5.74) is 1.45. The SMILES string of the molecule is COc1cc(F)cc(-c2nccc(CBr)n2)c1. The largest absolute Gasteiger partial charge is 0.497 e. The van der Waals surface area contributed by atoms with Crippen LogP contribution in [0.2, 0.25) is 0 Å². The molecule has 2 rings (SSSR count). The van der Waals surface area contributed by atoms with Gasteiger partial charge in [0.25, 0.3) is 0 Å². The van der Waals surface area contributed by atoms with Gasteiger partial charge in [0, 0.05) is 23.2 Å². The van der Waals surface area contributed by atoms with Crippen molar-refractivity contribution in [3.8, 4) is 17.1 Å². The Bertz CT molecular complexity index is 534. The summed E-state index contributed by atoms with van der Waals surface area (Å²) in [6.45, 7) is 0. The highest BCUT2D eigenvalue weighted by Gasteiger charge is 2.06. The van der Waals surface area contributed by atoms with Gasteiger partial charge in [-0.2, -0.15) is 0 Å². The molecule has 0 aliphatic heterocycles. The number of methoxy groups -OCH3 is 1. The van der Waals surface area contributed by atoms with E-state index in [1.54, 1.807) is 18.3 Å². The maximum atomic E-state index is 13.3. The van der Waals surface area contributed by atoms with Gasteiger partial charge in [0.05, 0.1) is 12.8 Å². The Morgan fingerprint density at radius 1 is 1.35 bits per heavy atom. The van der Waals surface area contributed by atoms with Crippen molar-refractivity contribution in [1.82, 2.24) is 9.97 Å². The fourth-order valence-corrected chi connectivity index (χ4v) is 1.73. The summed E-state index contributed by atoms with van der Waals surface area (Å²) in [4.78, 5) is 8.42. The number of halogens is 2. The van der Waals surface area contributed by atoms with Gasteiger partial charge in [0.2, 0.25) is 0 Å². The molecule has 0 unspecified atom stereocenters. The van der Waals surface area contributed by atoms with Crippen LogP contribution in [0.3, 0.4) is 0 Å². The van der Waals surface area contributed by atoms with Crippen LogP contribution in [0.1, 0.15) is 5.69 Å². The molecule has 1 heterocycles. The van der Waals surface area contributed by atoms with Crippen LogP contribution < -0.4 is 4.74 Å². The number of hydrogen-bond donors (Lipinski definition) is 0. The van der Waals surface area contributed by atoms with Crippen molar-refractivity contribution in [2.45, 2.75) is 5.33 Å². The van der Waals surface area contributed by atoms with Crippen LogP contribution in [0.15, 0.2) is 30.5 Å². The van der Waals surface area contributed by atoms with Crippen molar-refractivity contribution >= 4 is 15.9 Å². The first-order chi connectivity index (χ1) is 8.22. The smallest absolute Gasteiger partial charge is 0.159 e. The number of ether oxygens (including phenoxy) is 1. The lowest BCUT2D eigenvalue weighted by atomic mass is 10.2. The third kappa shape index (κ3) is 2.79. The van der Waals surface area contributed by atoms with Crippen LogP contribution in [-0.2, 0) is 5.33 Å². The van der Waals surface area contributed by atoms with Crippen LogP contribution >= 0.6 is 15.9 Å². The lowest BCUT2D eigenvalue weighted by Crippen LogP contribution is -1.94. The monoisotopic (exact) mass is 296 g/mol. The molecule has 0 fully saturated rings. The first-order valence-electron chi connectivity index (χ1n) is 4.96. The molecule has 0 bridgehead atoms. The summed E-state index contributed by atoms with van der Waals surface area (Å²) in [6, 6.07) is 6.21. The second-order valence-corrected chi connectivity index (χ2v) is 3.95. The van der Waals surface area contributed by atoms with E-state index in [0.29, 0.717) is 22.5 Å². The minimum atomic E-state index is -0.368. The summed E-state index contributed by atoms with van der Waals surface area (Å²) >= 11 is 3.32. The van der Waals surface area contributed by atoms with E-state index in [1.807, 2.05) is 0 Å². The van der Waals surface area contributed by atoms with E-state index in [0.717, 1.165) is 5.69 Å². The maximum absolute atomic E-state index is 13.3. The summed E-state index contributed by atoms with van der Waals surface area (Å²) in [6.07, 6.45) is 1.65. The molecule has 0 amide bonds. The van der Waals surface area contributed by atoms with Gasteiger partial charge in [0.15, 0.2) is 5.82 Å². The Morgan fingerprint density at radius 2 is 2.18 bits per heavy atom. The number of hydrogen-bond acceptors (Lipinski definition) is 3. The second kappa shape index (κ2) is 5.23. The van der Waals surface area contributed by atoms with Crippen LogP contribution in [-0.4, -0.2) is 17.1 Å². The summed E-state index contributed by atoms with van der Waals surface area (Å²) < 4.78 is 18.3. The van der Waals surface area contributed by atoms with E-state index < -0.39 is 0 Å². The van der Waals surface area contributed by atoms with E-state index in [9.17, 15) is 4.39 Å². The van der Waals surface area contributed by atoms with Crippen LogP contribution in [0.4, 0.5) is 4.39 Å². The van der Waals surface area contributed by atoms with Crippen LogP contribution in [0, 0.1) is 5.82 Å². The van der Waals surface area contributed by atoms with Gasteiger partial charge in [-0.3, -0.25) is 0 Å². The Labute approximate surface area is 107 Å². The number of rotatable bonds is 3. The van der Waals surface area contributed by atoms with E-state index >= 15 is 0 Å². The van der Waals surface area contributed by atoms with E-state index in [4.69, 9.17) is 4.74 Å². The van der Waals surface area contributed by atoms with Crippen LogP contribution in [0.5, 0.6) is 5.75 Å². The standard InChI is InChI=1S/C12H10BrFN2O/c1-17-11-5-8(4-9(14)6-11)12-15-3-2-10(7-13)16-12/h2-6H,7H2,1H3. The summed E-state index contributed by atoms with van der Waals surface area (Å²) in [5, 5.41) is 0.634. The average molecular weight is 297 g/mol. The zero-order valence-electron chi connectivity index (χ0n) is 9.15. The molecule has 1 aromatic heterocycles. The van der Waals surface area contributed by atoms with Gasteiger partial charge in [-0.05, 0) is 18.2 Å². The number of nitrogens with zero attached hydrogens (tertiary/aromatic N) is 2. The minimum Gasteiger partial charge on any atom is -0.497 e. The van der Waals surface area contributed by atoms with Crippen LogP contribution in [0.25, 0.3) is 11.4 Å². The highest BCUT2D eigenvalue weighted by Crippen LogP contribution is 2.23. The Morgan fingerprint density at radius 3 is 2.88 bits per heavy atom. The van der Waals surface area contributed by atoms with Gasteiger partial charge in [-0.15, -0.1) is 0 Å². The van der Waals surface area contributed by atoms with Gasteiger partial charge >= 0.3 is 0 Å². The van der Waals surface area contributed by atoms with Gasteiger partial charge in [-0.1, -0.05) is 15.9 Å². The first kappa shape index (κ1) is 12.0. The van der Waals surface area contributed by atoms with Crippen molar-refractivity contribution in [1.29, 1.82) is 0 Å². The van der Waals surface area contributed by atoms with Crippen molar-refractivity contribution in [3.63, 3.8) is 0 Å².